The lowest BCUT2D eigenvalue weighted by molar-refractivity contribution is -0.384. The van der Waals surface area contributed by atoms with Crippen molar-refractivity contribution in [1.29, 1.82) is 0 Å². The minimum atomic E-state index is -0.457. The molecule has 0 spiro atoms. The molecule has 0 radical (unpaired) electrons. The van der Waals surface area contributed by atoms with Gasteiger partial charge in [0.1, 0.15) is 5.78 Å². The Morgan fingerprint density at radius 1 is 1.27 bits per heavy atom. The van der Waals surface area contributed by atoms with E-state index in [2.05, 4.69) is 5.32 Å². The van der Waals surface area contributed by atoms with Gasteiger partial charge in [0.2, 0.25) is 5.91 Å². The topological polar surface area (TPSA) is 89.3 Å². The van der Waals surface area contributed by atoms with Crippen molar-refractivity contribution in [3.8, 4) is 0 Å². The predicted molar refractivity (Wildman–Crippen MR) is 81.0 cm³/mol. The second kappa shape index (κ2) is 5.87. The fraction of sp³-hybridized carbons (Fsp3) is 0.500. The van der Waals surface area contributed by atoms with Gasteiger partial charge >= 0.3 is 0 Å². The number of nitrogens with one attached hydrogen (secondary N) is 1. The molecule has 0 bridgehead atoms. The number of ketones is 1. The van der Waals surface area contributed by atoms with Gasteiger partial charge in [-0.15, -0.1) is 0 Å². The zero-order valence-electron chi connectivity index (χ0n) is 13.0. The number of hydrogen-bond acceptors (Lipinski definition) is 4. The minimum Gasteiger partial charge on any atom is -0.352 e. The molecule has 2 rings (SSSR count). The van der Waals surface area contributed by atoms with E-state index in [9.17, 15) is 19.7 Å². The van der Waals surface area contributed by atoms with Crippen LogP contribution < -0.4 is 5.32 Å². The average molecular weight is 304 g/mol. The third-order valence-corrected chi connectivity index (χ3v) is 4.69. The van der Waals surface area contributed by atoms with Crippen LogP contribution in [0.5, 0.6) is 0 Å². The molecule has 1 aliphatic rings. The summed E-state index contributed by atoms with van der Waals surface area (Å²) in [7, 11) is 0. The summed E-state index contributed by atoms with van der Waals surface area (Å²) in [5.74, 6) is -0.160. The van der Waals surface area contributed by atoms with Crippen LogP contribution >= 0.6 is 0 Å². The summed E-state index contributed by atoms with van der Waals surface area (Å²) in [6.07, 6.45) is 0.592. The van der Waals surface area contributed by atoms with Crippen LogP contribution in [0.2, 0.25) is 0 Å². The number of amides is 1. The Bertz CT molecular complexity index is 607. The van der Waals surface area contributed by atoms with Crippen LogP contribution in [0, 0.1) is 27.4 Å². The number of nitro groups is 1. The van der Waals surface area contributed by atoms with Crippen molar-refractivity contribution in [3.63, 3.8) is 0 Å². The monoisotopic (exact) mass is 304 g/mol. The Kier molecular flexibility index (Phi) is 4.30. The van der Waals surface area contributed by atoms with Gasteiger partial charge in [-0.3, -0.25) is 19.7 Å². The van der Waals surface area contributed by atoms with E-state index in [-0.39, 0.29) is 34.6 Å². The summed E-state index contributed by atoms with van der Waals surface area (Å²) in [4.78, 5) is 33.8. The van der Waals surface area contributed by atoms with Crippen LogP contribution in [0.4, 0.5) is 5.69 Å². The Balaban J connectivity index is 1.91. The highest BCUT2D eigenvalue weighted by Gasteiger charge is 2.53. The van der Waals surface area contributed by atoms with Gasteiger partial charge in [0, 0.05) is 30.5 Å². The lowest BCUT2D eigenvalue weighted by Gasteiger charge is -2.49. The third-order valence-electron chi connectivity index (χ3n) is 4.69. The lowest BCUT2D eigenvalue weighted by atomic mass is 9.53. The first-order valence-electron chi connectivity index (χ1n) is 7.25. The van der Waals surface area contributed by atoms with E-state index < -0.39 is 4.92 Å². The summed E-state index contributed by atoms with van der Waals surface area (Å²) in [5, 5.41) is 13.4. The number of Topliss-reactive ketones (excluding diaryl/α,β-unsaturated/α-hetero) is 1. The fourth-order valence-corrected chi connectivity index (χ4v) is 3.11. The van der Waals surface area contributed by atoms with Crippen LogP contribution in [0.25, 0.3) is 0 Å². The van der Waals surface area contributed by atoms with E-state index >= 15 is 0 Å². The number of rotatable bonds is 5. The summed E-state index contributed by atoms with van der Waals surface area (Å²) < 4.78 is 0. The summed E-state index contributed by atoms with van der Waals surface area (Å²) >= 11 is 0. The van der Waals surface area contributed by atoms with E-state index in [1.807, 2.05) is 13.8 Å². The van der Waals surface area contributed by atoms with Gasteiger partial charge in [-0.1, -0.05) is 26.0 Å². The summed E-state index contributed by atoms with van der Waals surface area (Å²) in [6.45, 7) is 5.78. The van der Waals surface area contributed by atoms with Crippen LogP contribution in [-0.2, 0) is 16.1 Å². The van der Waals surface area contributed by atoms with Crippen LogP contribution in [0.1, 0.15) is 32.8 Å². The molecule has 1 aromatic rings. The maximum atomic E-state index is 12.2. The predicted octanol–water partition coefficient (Wildman–Crippen LogP) is 2.46. The zero-order valence-corrected chi connectivity index (χ0v) is 13.0. The van der Waals surface area contributed by atoms with Crippen molar-refractivity contribution < 1.29 is 14.5 Å². The number of non-ortho nitro benzene ring substituents is 1. The summed E-state index contributed by atoms with van der Waals surface area (Å²) in [6, 6.07) is 6.09. The maximum Gasteiger partial charge on any atom is 0.269 e. The molecule has 1 N–H and O–H groups in total. The van der Waals surface area contributed by atoms with Gasteiger partial charge in [-0.05, 0) is 24.3 Å². The van der Waals surface area contributed by atoms with E-state index in [0.717, 1.165) is 5.56 Å². The number of benzene rings is 1. The van der Waals surface area contributed by atoms with Crippen molar-refractivity contribution in [3.05, 3.63) is 39.9 Å². The molecule has 0 aliphatic heterocycles. The molecule has 1 aromatic carbocycles. The highest BCUT2D eigenvalue weighted by Crippen LogP contribution is 2.51. The molecule has 1 aliphatic carbocycles. The van der Waals surface area contributed by atoms with Gasteiger partial charge in [0.15, 0.2) is 0 Å². The van der Waals surface area contributed by atoms with Crippen molar-refractivity contribution in [1.82, 2.24) is 5.32 Å². The molecule has 0 unspecified atom stereocenters. The first-order chi connectivity index (χ1) is 10.2. The standard InChI is InChI=1S/C16H20N2O4/c1-10(19)13-8-14(16(13,2)3)15(20)17-9-11-4-6-12(7-5-11)18(21)22/h4-7,13-14H,8-9H2,1-3H3,(H,17,20)/t13-,14+/m0/s1. The lowest BCUT2D eigenvalue weighted by Crippen LogP contribution is -2.54. The van der Waals surface area contributed by atoms with Crippen molar-refractivity contribution in [2.45, 2.75) is 33.7 Å². The Morgan fingerprint density at radius 3 is 2.32 bits per heavy atom. The Hall–Kier alpha value is -2.24. The molecule has 6 heteroatoms. The number of hydrogen-bond donors (Lipinski definition) is 1. The van der Waals surface area contributed by atoms with Crippen molar-refractivity contribution in [2.75, 3.05) is 0 Å². The number of carbonyl (C=O) groups is 2. The van der Waals surface area contributed by atoms with Crippen LogP contribution in [0.15, 0.2) is 24.3 Å². The van der Waals surface area contributed by atoms with Gasteiger partial charge in [-0.25, -0.2) is 0 Å². The molecule has 1 fully saturated rings. The molecule has 0 saturated heterocycles. The van der Waals surface area contributed by atoms with Crippen molar-refractivity contribution in [2.24, 2.45) is 17.3 Å². The van der Waals surface area contributed by atoms with Crippen LogP contribution in [0.3, 0.4) is 0 Å². The van der Waals surface area contributed by atoms with E-state index in [1.54, 1.807) is 19.1 Å². The molecule has 1 saturated carbocycles. The molecule has 0 heterocycles. The normalized spacial score (nSPS) is 22.5. The largest absolute Gasteiger partial charge is 0.352 e. The quantitative estimate of drug-likeness (QED) is 0.668. The fourth-order valence-electron chi connectivity index (χ4n) is 3.11. The first kappa shape index (κ1) is 16.1. The van der Waals surface area contributed by atoms with Gasteiger partial charge in [0.05, 0.1) is 4.92 Å². The third kappa shape index (κ3) is 3.00. The molecule has 22 heavy (non-hydrogen) atoms. The van der Waals surface area contributed by atoms with Gasteiger partial charge < -0.3 is 5.32 Å². The molecular formula is C16H20N2O4. The highest BCUT2D eigenvalue weighted by atomic mass is 16.6. The van der Waals surface area contributed by atoms with Gasteiger partial charge in [-0.2, -0.15) is 0 Å². The Morgan fingerprint density at radius 2 is 1.86 bits per heavy atom. The second-order valence-corrected chi connectivity index (χ2v) is 6.41. The SMILES string of the molecule is CC(=O)[C@@H]1C[C@H](C(=O)NCc2ccc([N+](=O)[O-])cc2)C1(C)C. The minimum absolute atomic E-state index is 0.0273. The number of carbonyl (C=O) groups excluding carboxylic acids is 2. The first-order valence-corrected chi connectivity index (χ1v) is 7.25. The summed E-state index contributed by atoms with van der Waals surface area (Å²) in [5.41, 5.74) is 0.518. The maximum absolute atomic E-state index is 12.2. The molecule has 6 nitrogen and oxygen atoms in total. The smallest absolute Gasteiger partial charge is 0.269 e. The van der Waals surface area contributed by atoms with E-state index in [1.165, 1.54) is 12.1 Å². The highest BCUT2D eigenvalue weighted by molar-refractivity contribution is 5.87. The average Bonchev–Trinajstić information content (AvgIpc) is 2.44. The molecule has 0 aromatic heterocycles. The second-order valence-electron chi connectivity index (χ2n) is 6.41. The molecular weight excluding hydrogens is 284 g/mol. The van der Waals surface area contributed by atoms with Crippen molar-refractivity contribution >= 4 is 17.4 Å². The van der Waals surface area contributed by atoms with Gasteiger partial charge in [0.25, 0.3) is 5.69 Å². The number of nitro benzene ring substituents is 1. The molecule has 118 valence electrons. The number of nitrogens with zero attached hydrogens (tertiary/aromatic N) is 1. The molecule has 2 atom stereocenters. The zero-order chi connectivity index (χ0) is 16.5. The molecule has 1 amide bonds. The van der Waals surface area contributed by atoms with Crippen LogP contribution in [-0.4, -0.2) is 16.6 Å². The van der Waals surface area contributed by atoms with E-state index in [0.29, 0.717) is 13.0 Å². The Labute approximate surface area is 129 Å². The van der Waals surface area contributed by atoms with E-state index in [4.69, 9.17) is 0 Å².